The van der Waals surface area contributed by atoms with E-state index in [1.54, 1.807) is 13.2 Å². The van der Waals surface area contributed by atoms with Gasteiger partial charge in [-0.1, -0.05) is 24.3 Å². The van der Waals surface area contributed by atoms with E-state index in [0.29, 0.717) is 6.54 Å². The summed E-state index contributed by atoms with van der Waals surface area (Å²) in [6, 6.07) is 12.7. The SMILES string of the molecule is CC(=O)NC[C@H](c1ccco1)[NH+]1CCc2ccccc2C1. The van der Waals surface area contributed by atoms with Crippen LogP contribution in [0.25, 0.3) is 0 Å². The van der Waals surface area contributed by atoms with Crippen molar-refractivity contribution in [3.63, 3.8) is 0 Å². The second-order valence-electron chi connectivity index (χ2n) is 5.61. The zero-order chi connectivity index (χ0) is 14.7. The van der Waals surface area contributed by atoms with Crippen LogP contribution >= 0.6 is 0 Å². The summed E-state index contributed by atoms with van der Waals surface area (Å²) in [5, 5.41) is 2.94. The first-order valence-electron chi connectivity index (χ1n) is 7.43. The molecule has 4 heteroatoms. The summed E-state index contributed by atoms with van der Waals surface area (Å²) >= 11 is 0. The molecule has 0 aliphatic carbocycles. The second-order valence-corrected chi connectivity index (χ2v) is 5.61. The molecule has 0 fully saturated rings. The largest absolute Gasteiger partial charge is 0.463 e. The lowest BCUT2D eigenvalue weighted by molar-refractivity contribution is -0.946. The van der Waals surface area contributed by atoms with Gasteiger partial charge in [-0.25, -0.2) is 0 Å². The predicted octanol–water partition coefficient (Wildman–Crippen LogP) is 1.10. The van der Waals surface area contributed by atoms with Crippen molar-refractivity contribution in [1.82, 2.24) is 5.32 Å². The minimum atomic E-state index is 0.00312. The van der Waals surface area contributed by atoms with E-state index >= 15 is 0 Å². The van der Waals surface area contributed by atoms with Crippen molar-refractivity contribution in [2.24, 2.45) is 0 Å². The maximum Gasteiger partial charge on any atom is 0.217 e. The Labute approximate surface area is 124 Å². The monoisotopic (exact) mass is 285 g/mol. The van der Waals surface area contributed by atoms with Crippen LogP contribution in [0, 0.1) is 0 Å². The van der Waals surface area contributed by atoms with E-state index in [4.69, 9.17) is 4.42 Å². The highest BCUT2D eigenvalue weighted by Crippen LogP contribution is 2.15. The molecule has 2 aromatic rings. The Morgan fingerprint density at radius 3 is 2.81 bits per heavy atom. The molecule has 1 amide bonds. The van der Waals surface area contributed by atoms with Crippen molar-refractivity contribution in [2.45, 2.75) is 25.9 Å². The number of amides is 1. The third kappa shape index (κ3) is 3.16. The number of carbonyl (C=O) groups excluding carboxylic acids is 1. The van der Waals surface area contributed by atoms with Gasteiger partial charge in [0, 0.05) is 18.9 Å². The van der Waals surface area contributed by atoms with Gasteiger partial charge < -0.3 is 14.6 Å². The second kappa shape index (κ2) is 6.14. The molecule has 1 aromatic carbocycles. The van der Waals surface area contributed by atoms with Crippen LogP contribution in [0.3, 0.4) is 0 Å². The van der Waals surface area contributed by atoms with Crippen molar-refractivity contribution in [3.8, 4) is 0 Å². The van der Waals surface area contributed by atoms with Crippen LogP contribution in [0.2, 0.25) is 0 Å². The van der Waals surface area contributed by atoms with Gasteiger partial charge in [0.2, 0.25) is 5.91 Å². The highest BCUT2D eigenvalue weighted by atomic mass is 16.3. The highest BCUT2D eigenvalue weighted by molar-refractivity contribution is 5.72. The van der Waals surface area contributed by atoms with Gasteiger partial charge >= 0.3 is 0 Å². The Morgan fingerprint density at radius 1 is 1.29 bits per heavy atom. The molecule has 0 saturated carbocycles. The number of carbonyl (C=O) groups is 1. The van der Waals surface area contributed by atoms with Crippen molar-refractivity contribution >= 4 is 5.91 Å². The molecular weight excluding hydrogens is 264 g/mol. The Balaban J connectivity index is 1.79. The van der Waals surface area contributed by atoms with Crippen molar-refractivity contribution in [2.75, 3.05) is 13.1 Å². The van der Waals surface area contributed by atoms with Crippen molar-refractivity contribution in [1.29, 1.82) is 0 Å². The summed E-state index contributed by atoms with van der Waals surface area (Å²) in [5.74, 6) is 0.946. The van der Waals surface area contributed by atoms with Gasteiger partial charge in [0.25, 0.3) is 0 Å². The fourth-order valence-electron chi connectivity index (χ4n) is 3.08. The van der Waals surface area contributed by atoms with E-state index in [9.17, 15) is 4.79 Å². The summed E-state index contributed by atoms with van der Waals surface area (Å²) in [7, 11) is 0. The number of hydrogen-bond acceptors (Lipinski definition) is 2. The lowest BCUT2D eigenvalue weighted by Crippen LogP contribution is -3.12. The molecule has 0 saturated heterocycles. The first-order chi connectivity index (χ1) is 10.2. The Morgan fingerprint density at radius 2 is 2.10 bits per heavy atom. The fraction of sp³-hybridized carbons (Fsp3) is 0.353. The first kappa shape index (κ1) is 13.9. The molecular formula is C17H21N2O2+. The molecule has 110 valence electrons. The van der Waals surface area contributed by atoms with E-state index in [2.05, 4.69) is 29.6 Å². The molecule has 1 aliphatic heterocycles. The number of hydrogen-bond donors (Lipinski definition) is 2. The van der Waals surface area contributed by atoms with Gasteiger partial charge in [-0.2, -0.15) is 0 Å². The molecule has 2 atom stereocenters. The number of benzene rings is 1. The van der Waals surface area contributed by atoms with Crippen LogP contribution in [0.1, 0.15) is 29.9 Å². The normalized spacial score (nSPS) is 18.8. The van der Waals surface area contributed by atoms with Gasteiger partial charge in [-0.05, 0) is 17.7 Å². The zero-order valence-electron chi connectivity index (χ0n) is 12.3. The molecule has 3 rings (SSSR count). The van der Waals surface area contributed by atoms with Gasteiger partial charge in [0.05, 0.1) is 19.4 Å². The Bertz CT molecular complexity index is 607. The lowest BCUT2D eigenvalue weighted by Gasteiger charge is -2.31. The smallest absolute Gasteiger partial charge is 0.217 e. The van der Waals surface area contributed by atoms with Gasteiger partial charge in [0.15, 0.2) is 11.8 Å². The summed E-state index contributed by atoms with van der Waals surface area (Å²) < 4.78 is 5.60. The molecule has 1 aliphatic rings. The molecule has 1 aromatic heterocycles. The zero-order valence-corrected chi connectivity index (χ0v) is 12.3. The van der Waals surface area contributed by atoms with Crippen molar-refractivity contribution < 1.29 is 14.1 Å². The molecule has 0 radical (unpaired) electrons. The molecule has 2 N–H and O–H groups in total. The van der Waals surface area contributed by atoms with E-state index in [-0.39, 0.29) is 11.9 Å². The lowest BCUT2D eigenvalue weighted by atomic mass is 9.98. The predicted molar refractivity (Wildman–Crippen MR) is 79.8 cm³/mol. The average molecular weight is 285 g/mol. The summed E-state index contributed by atoms with van der Waals surface area (Å²) in [5.41, 5.74) is 2.84. The maximum absolute atomic E-state index is 11.2. The van der Waals surface area contributed by atoms with Crippen LogP contribution in [0.15, 0.2) is 47.1 Å². The third-order valence-electron chi connectivity index (χ3n) is 4.19. The average Bonchev–Trinajstić information content (AvgIpc) is 3.01. The highest BCUT2D eigenvalue weighted by Gasteiger charge is 2.30. The van der Waals surface area contributed by atoms with Crippen LogP contribution in [-0.4, -0.2) is 19.0 Å². The number of nitrogens with one attached hydrogen (secondary N) is 2. The summed E-state index contributed by atoms with van der Waals surface area (Å²) in [4.78, 5) is 12.7. The summed E-state index contributed by atoms with van der Waals surface area (Å²) in [6.07, 6.45) is 2.77. The number of quaternary nitrogens is 1. The van der Waals surface area contributed by atoms with Gasteiger partial charge in [-0.3, -0.25) is 4.79 Å². The minimum Gasteiger partial charge on any atom is -0.463 e. The van der Waals surface area contributed by atoms with Crippen LogP contribution < -0.4 is 10.2 Å². The van der Waals surface area contributed by atoms with Gasteiger partial charge in [-0.15, -0.1) is 0 Å². The Hall–Kier alpha value is -2.07. The molecule has 2 heterocycles. The minimum absolute atomic E-state index is 0.00312. The number of rotatable bonds is 4. The Kier molecular flexibility index (Phi) is 4.06. The van der Waals surface area contributed by atoms with Crippen LogP contribution in [-0.2, 0) is 17.8 Å². The molecule has 21 heavy (non-hydrogen) atoms. The maximum atomic E-state index is 11.2. The molecule has 0 bridgehead atoms. The van der Waals surface area contributed by atoms with E-state index < -0.39 is 0 Å². The first-order valence-corrected chi connectivity index (χ1v) is 7.43. The van der Waals surface area contributed by atoms with Gasteiger partial charge in [0.1, 0.15) is 6.54 Å². The molecule has 4 nitrogen and oxygen atoms in total. The van der Waals surface area contributed by atoms with Crippen molar-refractivity contribution in [3.05, 3.63) is 59.5 Å². The number of fused-ring (bicyclic) bond motifs is 1. The number of furan rings is 1. The molecule has 0 spiro atoms. The van der Waals surface area contributed by atoms with Crippen LogP contribution in [0.4, 0.5) is 0 Å². The topological polar surface area (TPSA) is 46.7 Å². The van der Waals surface area contributed by atoms with E-state index in [0.717, 1.165) is 25.3 Å². The standard InChI is InChI=1S/C17H20N2O2/c1-13(20)18-11-16(17-7-4-10-21-17)19-9-8-14-5-2-3-6-15(14)12-19/h2-7,10,16H,8-9,11-12H2,1H3,(H,18,20)/p+1/t16-/m1/s1. The fourth-order valence-corrected chi connectivity index (χ4v) is 3.08. The van der Waals surface area contributed by atoms with E-state index in [1.807, 2.05) is 12.1 Å². The quantitative estimate of drug-likeness (QED) is 0.883. The van der Waals surface area contributed by atoms with E-state index in [1.165, 1.54) is 16.0 Å². The third-order valence-corrected chi connectivity index (χ3v) is 4.19. The molecule has 1 unspecified atom stereocenters. The summed E-state index contributed by atoms with van der Waals surface area (Å²) in [6.45, 7) is 4.20. The van der Waals surface area contributed by atoms with Crippen LogP contribution in [0.5, 0.6) is 0 Å².